The molecule has 0 aliphatic heterocycles. The van der Waals surface area contributed by atoms with Crippen molar-refractivity contribution in [1.82, 2.24) is 14.5 Å². The number of nitrogens with two attached hydrogens (primary N) is 1. The monoisotopic (exact) mass is 232 g/mol. The van der Waals surface area contributed by atoms with E-state index in [2.05, 4.69) is 42.2 Å². The summed E-state index contributed by atoms with van der Waals surface area (Å²) in [4.78, 5) is 8.46. The minimum atomic E-state index is 0.582. The van der Waals surface area contributed by atoms with Crippen molar-refractivity contribution in [2.24, 2.45) is 5.92 Å². The molecule has 2 heterocycles. The van der Waals surface area contributed by atoms with Crippen LogP contribution < -0.4 is 5.73 Å². The maximum Gasteiger partial charge on any atom is 0.145 e. The van der Waals surface area contributed by atoms with E-state index in [-0.39, 0.29) is 0 Å². The number of fused-ring (bicyclic) bond motifs is 1. The molecule has 0 saturated heterocycles. The van der Waals surface area contributed by atoms with Crippen LogP contribution in [0, 0.1) is 19.8 Å². The number of nitrogens with zero attached hydrogens (tertiary/aromatic N) is 3. The van der Waals surface area contributed by atoms with E-state index in [1.807, 2.05) is 0 Å². The first-order chi connectivity index (χ1) is 8.06. The van der Waals surface area contributed by atoms with Gasteiger partial charge in [-0.15, -0.1) is 0 Å². The first-order valence-corrected chi connectivity index (χ1v) is 6.12. The fourth-order valence-electron chi connectivity index (χ4n) is 2.16. The molecule has 0 fully saturated rings. The predicted molar refractivity (Wildman–Crippen MR) is 70.9 cm³/mol. The van der Waals surface area contributed by atoms with E-state index in [0.717, 1.165) is 17.6 Å². The van der Waals surface area contributed by atoms with Gasteiger partial charge in [0.05, 0.1) is 5.39 Å². The Kier molecular flexibility index (Phi) is 3.05. The summed E-state index contributed by atoms with van der Waals surface area (Å²) in [7, 11) is 0. The van der Waals surface area contributed by atoms with Crippen LogP contribution in [0.1, 0.15) is 31.5 Å². The molecular weight excluding hydrogens is 212 g/mol. The molecule has 2 N–H and O–H groups in total. The van der Waals surface area contributed by atoms with Crippen molar-refractivity contribution in [3.8, 4) is 0 Å². The van der Waals surface area contributed by atoms with Gasteiger partial charge in [-0.1, -0.05) is 20.3 Å². The molecular formula is C13H20N4. The Morgan fingerprint density at radius 1 is 1.35 bits per heavy atom. The second kappa shape index (κ2) is 4.35. The third-order valence-electron chi connectivity index (χ3n) is 3.63. The zero-order valence-electron chi connectivity index (χ0n) is 11.0. The van der Waals surface area contributed by atoms with E-state index in [0.29, 0.717) is 11.7 Å². The number of rotatable bonds is 3. The lowest BCUT2D eigenvalue weighted by molar-refractivity contribution is 0.470. The van der Waals surface area contributed by atoms with E-state index in [4.69, 9.17) is 5.73 Å². The Bertz CT molecular complexity index is 542. The molecule has 0 amide bonds. The van der Waals surface area contributed by atoms with Crippen molar-refractivity contribution in [3.63, 3.8) is 0 Å². The molecule has 2 aromatic heterocycles. The molecule has 2 aromatic rings. The standard InChI is InChI=1S/C13H20N4/c1-5-8(2)6-17-10(4)9(3)11-12(14)15-7-16-13(11)17/h7-8H,5-6H2,1-4H3,(H2,14,15,16). The largest absolute Gasteiger partial charge is 0.383 e. The third-order valence-corrected chi connectivity index (χ3v) is 3.63. The van der Waals surface area contributed by atoms with Crippen molar-refractivity contribution < 1.29 is 0 Å². The zero-order chi connectivity index (χ0) is 12.6. The topological polar surface area (TPSA) is 56.7 Å². The minimum Gasteiger partial charge on any atom is -0.383 e. The molecule has 0 aromatic carbocycles. The normalized spacial score (nSPS) is 13.2. The highest BCUT2D eigenvalue weighted by atomic mass is 15.1. The highest BCUT2D eigenvalue weighted by Crippen LogP contribution is 2.27. The van der Waals surface area contributed by atoms with Gasteiger partial charge in [-0.3, -0.25) is 0 Å². The summed E-state index contributed by atoms with van der Waals surface area (Å²) in [5.41, 5.74) is 9.34. The Morgan fingerprint density at radius 3 is 2.71 bits per heavy atom. The lowest BCUT2D eigenvalue weighted by atomic mass is 10.1. The van der Waals surface area contributed by atoms with Gasteiger partial charge in [0.15, 0.2) is 0 Å². The third kappa shape index (κ3) is 1.88. The maximum atomic E-state index is 5.94. The molecule has 1 unspecified atom stereocenters. The van der Waals surface area contributed by atoms with Gasteiger partial charge < -0.3 is 10.3 Å². The van der Waals surface area contributed by atoms with E-state index in [9.17, 15) is 0 Å². The Hall–Kier alpha value is -1.58. The van der Waals surface area contributed by atoms with Gasteiger partial charge in [0.25, 0.3) is 0 Å². The first kappa shape index (κ1) is 11.9. The predicted octanol–water partition coefficient (Wildman–Crippen LogP) is 2.68. The molecule has 92 valence electrons. The first-order valence-electron chi connectivity index (χ1n) is 6.12. The van der Waals surface area contributed by atoms with Crippen molar-refractivity contribution in [1.29, 1.82) is 0 Å². The number of anilines is 1. The van der Waals surface area contributed by atoms with Crippen LogP contribution in [0.3, 0.4) is 0 Å². The van der Waals surface area contributed by atoms with E-state index in [1.54, 1.807) is 6.33 Å². The van der Waals surface area contributed by atoms with Gasteiger partial charge in [-0.2, -0.15) is 0 Å². The van der Waals surface area contributed by atoms with Crippen molar-refractivity contribution in [2.45, 2.75) is 40.7 Å². The average molecular weight is 232 g/mol. The van der Waals surface area contributed by atoms with Gasteiger partial charge in [0.2, 0.25) is 0 Å². The fourth-order valence-corrected chi connectivity index (χ4v) is 2.16. The quantitative estimate of drug-likeness (QED) is 0.885. The van der Waals surface area contributed by atoms with Crippen LogP contribution in [0.25, 0.3) is 11.0 Å². The van der Waals surface area contributed by atoms with Gasteiger partial charge in [-0.25, -0.2) is 9.97 Å². The summed E-state index contributed by atoms with van der Waals surface area (Å²) in [6.45, 7) is 9.67. The van der Waals surface area contributed by atoms with Crippen LogP contribution >= 0.6 is 0 Å². The van der Waals surface area contributed by atoms with Crippen LogP contribution in [-0.2, 0) is 6.54 Å². The van der Waals surface area contributed by atoms with E-state index in [1.165, 1.54) is 17.7 Å². The number of aromatic nitrogens is 3. The SMILES string of the molecule is CCC(C)Cn1c(C)c(C)c2c(N)ncnc21. The second-order valence-corrected chi connectivity index (χ2v) is 4.79. The van der Waals surface area contributed by atoms with E-state index >= 15 is 0 Å². The molecule has 1 atom stereocenters. The highest BCUT2D eigenvalue weighted by molar-refractivity contribution is 5.90. The molecule has 0 aliphatic rings. The van der Waals surface area contributed by atoms with Crippen LogP contribution in [0.15, 0.2) is 6.33 Å². The summed E-state index contributed by atoms with van der Waals surface area (Å²) >= 11 is 0. The number of hydrogen-bond acceptors (Lipinski definition) is 3. The number of aryl methyl sites for hydroxylation is 1. The van der Waals surface area contributed by atoms with Crippen LogP contribution in [0.2, 0.25) is 0 Å². The van der Waals surface area contributed by atoms with Gasteiger partial charge >= 0.3 is 0 Å². The van der Waals surface area contributed by atoms with Crippen LogP contribution in [0.4, 0.5) is 5.82 Å². The van der Waals surface area contributed by atoms with Gasteiger partial charge in [0.1, 0.15) is 17.8 Å². The summed E-state index contributed by atoms with van der Waals surface area (Å²) in [6, 6.07) is 0. The molecule has 4 nitrogen and oxygen atoms in total. The molecule has 17 heavy (non-hydrogen) atoms. The summed E-state index contributed by atoms with van der Waals surface area (Å²) in [5, 5.41) is 1.01. The lowest BCUT2D eigenvalue weighted by Gasteiger charge is -2.12. The molecule has 0 bridgehead atoms. The number of hydrogen-bond donors (Lipinski definition) is 1. The average Bonchev–Trinajstić information content (AvgIpc) is 2.55. The molecule has 0 radical (unpaired) electrons. The number of nitrogen functional groups attached to an aromatic ring is 1. The Morgan fingerprint density at radius 2 is 2.06 bits per heavy atom. The van der Waals surface area contributed by atoms with Crippen LogP contribution in [0.5, 0.6) is 0 Å². The van der Waals surface area contributed by atoms with Gasteiger partial charge in [-0.05, 0) is 25.3 Å². The second-order valence-electron chi connectivity index (χ2n) is 4.79. The smallest absolute Gasteiger partial charge is 0.145 e. The molecule has 0 aliphatic carbocycles. The molecule has 0 spiro atoms. The van der Waals surface area contributed by atoms with Crippen molar-refractivity contribution >= 4 is 16.9 Å². The van der Waals surface area contributed by atoms with Gasteiger partial charge in [0, 0.05) is 12.2 Å². The summed E-state index contributed by atoms with van der Waals surface area (Å²) in [5.74, 6) is 1.22. The highest BCUT2D eigenvalue weighted by Gasteiger charge is 2.15. The van der Waals surface area contributed by atoms with Crippen molar-refractivity contribution in [3.05, 3.63) is 17.6 Å². The van der Waals surface area contributed by atoms with Crippen LogP contribution in [-0.4, -0.2) is 14.5 Å². The van der Waals surface area contributed by atoms with Crippen molar-refractivity contribution in [2.75, 3.05) is 5.73 Å². The molecule has 4 heteroatoms. The Labute approximate surface area is 102 Å². The lowest BCUT2D eigenvalue weighted by Crippen LogP contribution is -2.09. The fraction of sp³-hybridized carbons (Fsp3) is 0.538. The summed E-state index contributed by atoms with van der Waals surface area (Å²) < 4.78 is 2.26. The Balaban J connectivity index is 2.63. The minimum absolute atomic E-state index is 0.582. The zero-order valence-corrected chi connectivity index (χ0v) is 11.0. The maximum absolute atomic E-state index is 5.94. The van der Waals surface area contributed by atoms with E-state index < -0.39 is 0 Å². The molecule has 0 saturated carbocycles. The molecule has 2 rings (SSSR count). The summed E-state index contributed by atoms with van der Waals surface area (Å²) in [6.07, 6.45) is 2.71.